The van der Waals surface area contributed by atoms with Gasteiger partial charge in [-0.1, -0.05) is 0 Å². The average Bonchev–Trinajstić information content (AvgIpc) is 2.09. The number of hydrogen-bond donors (Lipinski definition) is 0. The summed E-state index contributed by atoms with van der Waals surface area (Å²) in [6.45, 7) is -0.240. The molecule has 0 aliphatic heterocycles. The first kappa shape index (κ1) is 11.0. The van der Waals surface area contributed by atoms with Gasteiger partial charge in [-0.2, -0.15) is 0 Å². The zero-order valence-electron chi connectivity index (χ0n) is 6.28. The molecule has 12 heavy (non-hydrogen) atoms. The number of rotatable bonds is 4. The van der Waals surface area contributed by atoms with Gasteiger partial charge in [0, 0.05) is 0 Å². The van der Waals surface area contributed by atoms with Gasteiger partial charge in [0.15, 0.2) is 0 Å². The van der Waals surface area contributed by atoms with E-state index in [0.29, 0.717) is 0 Å². The second-order valence-electron chi connectivity index (χ2n) is 1.61. The van der Waals surface area contributed by atoms with Crippen LogP contribution in [0.2, 0.25) is 0 Å². The second-order valence-corrected chi connectivity index (χ2v) is 2.11. The third-order valence-electron chi connectivity index (χ3n) is 0.768. The van der Waals surface area contributed by atoms with E-state index in [2.05, 4.69) is 21.0 Å². The van der Waals surface area contributed by atoms with Gasteiger partial charge in [-0.25, -0.2) is 0 Å². The Bertz CT molecular complexity index is 271. The van der Waals surface area contributed by atoms with E-state index in [-0.39, 0.29) is 27.7 Å². The molecular weight excluding hydrogens is 179 g/mol. The van der Waals surface area contributed by atoms with Crippen molar-refractivity contribution in [2.24, 2.45) is 0 Å². The van der Waals surface area contributed by atoms with Gasteiger partial charge in [0.25, 0.3) is 0 Å². The topological polar surface area (TPSA) is 52.6 Å². The van der Waals surface area contributed by atoms with Crippen molar-refractivity contribution >= 4 is 13.9 Å². The Morgan fingerprint density at radius 3 is 2.83 bits per heavy atom. The van der Waals surface area contributed by atoms with Crippen LogP contribution >= 0.6 is 7.92 Å². The summed E-state index contributed by atoms with van der Waals surface area (Å²) in [4.78, 5) is 10.6. The molecule has 64 valence electrons. The van der Waals surface area contributed by atoms with Crippen LogP contribution < -0.4 is 0 Å². The Morgan fingerprint density at radius 1 is 1.50 bits per heavy atom. The molecule has 0 bridgehead atoms. The number of hydrogen-bond acceptors (Lipinski definition) is 4. The molecule has 0 saturated heterocycles. The van der Waals surface area contributed by atoms with E-state index in [1.807, 2.05) is 0 Å². The van der Waals surface area contributed by atoms with Crippen molar-refractivity contribution in [3.63, 3.8) is 0 Å². The Labute approximate surface area is 71.4 Å². The van der Waals surface area contributed by atoms with Gasteiger partial charge >= 0.3 is 70.5 Å². The summed E-state index contributed by atoms with van der Waals surface area (Å²) in [7, 11) is -0.243. The summed E-state index contributed by atoms with van der Waals surface area (Å²) >= 11 is 0. The van der Waals surface area contributed by atoms with Crippen LogP contribution in [0.5, 0.6) is 0 Å². The Morgan fingerprint density at radius 2 is 2.25 bits per heavy atom. The van der Waals surface area contributed by atoms with Crippen LogP contribution in [0.3, 0.4) is 0 Å². The molecule has 0 fully saturated rings. The van der Waals surface area contributed by atoms with Gasteiger partial charge in [-0.05, 0) is 0 Å². The van der Waals surface area contributed by atoms with Crippen molar-refractivity contribution in [3.05, 3.63) is 0 Å². The third kappa shape index (κ3) is 7.11. The maximum absolute atomic E-state index is 10.6. The van der Waals surface area contributed by atoms with E-state index in [1.165, 1.54) is 0 Å². The first-order valence-electron chi connectivity index (χ1n) is 3.03. The van der Waals surface area contributed by atoms with Crippen molar-refractivity contribution in [3.8, 4) is 18.0 Å². The van der Waals surface area contributed by atoms with Gasteiger partial charge in [0.05, 0.1) is 0 Å². The van der Waals surface area contributed by atoms with Crippen LogP contribution in [-0.2, 0) is 18.8 Å². The summed E-state index contributed by atoms with van der Waals surface area (Å²) in [6, 6.07) is 0. The molecule has 0 heterocycles. The molecular formula is C7H7O4P. The van der Waals surface area contributed by atoms with Crippen LogP contribution in [0.15, 0.2) is 0 Å². The zero-order chi connectivity index (χ0) is 9.23. The quantitative estimate of drug-likeness (QED) is 0.276. The van der Waals surface area contributed by atoms with E-state index >= 15 is 0 Å². The fraction of sp³-hybridized carbons (Fsp3) is 0.429. The predicted octanol–water partition coefficient (Wildman–Crippen LogP) is 0.430. The average molecular weight is 186 g/mol. The normalized spacial score (nSPS) is 7.92. The van der Waals surface area contributed by atoms with Crippen LogP contribution in [0, 0.1) is 18.0 Å². The third-order valence-corrected chi connectivity index (χ3v) is 1.03. The van der Waals surface area contributed by atoms with E-state index in [1.54, 1.807) is 0 Å². The minimum atomic E-state index is -0.544. The van der Waals surface area contributed by atoms with Crippen LogP contribution in [0.1, 0.15) is 0 Å². The Kier molecular flexibility index (Phi) is 7.42. The monoisotopic (exact) mass is 186 g/mol. The van der Waals surface area contributed by atoms with E-state index in [0.717, 1.165) is 0 Å². The second kappa shape index (κ2) is 8.10. The summed E-state index contributed by atoms with van der Waals surface area (Å²) < 4.78 is 18.9. The van der Waals surface area contributed by atoms with Crippen molar-refractivity contribution < 1.29 is 18.8 Å². The summed E-state index contributed by atoms with van der Waals surface area (Å²) in [5.74, 6) is 1.59. The van der Waals surface area contributed by atoms with E-state index < -0.39 is 5.97 Å². The van der Waals surface area contributed by atoms with Crippen LogP contribution in [0.4, 0.5) is 0 Å². The van der Waals surface area contributed by atoms with E-state index in [9.17, 15) is 9.36 Å². The molecule has 0 N–H and O–H groups in total. The summed E-state index contributed by atoms with van der Waals surface area (Å²) in [5.41, 5.74) is 2.31. The standard InChI is InChI=1S/C7H7O4P/c1-2-3-11-7(8)6-10-4-5-12-9/h1H,3-4,6H2. The molecule has 0 atom stereocenters. The molecule has 0 unspecified atom stereocenters. The van der Waals surface area contributed by atoms with Gasteiger partial charge < -0.3 is 0 Å². The summed E-state index contributed by atoms with van der Waals surface area (Å²) in [6.07, 6.45) is 4.83. The zero-order valence-corrected chi connectivity index (χ0v) is 7.17. The maximum atomic E-state index is 10.6. The number of esters is 1. The van der Waals surface area contributed by atoms with Gasteiger partial charge in [0.2, 0.25) is 0 Å². The van der Waals surface area contributed by atoms with E-state index in [4.69, 9.17) is 6.42 Å². The first-order chi connectivity index (χ1) is 5.81. The Hall–Kier alpha value is -1.00. The van der Waals surface area contributed by atoms with Gasteiger partial charge in [0.1, 0.15) is 0 Å². The fourth-order valence-electron chi connectivity index (χ4n) is 0.370. The molecule has 5 heteroatoms. The molecule has 0 rings (SSSR count). The fourth-order valence-corrected chi connectivity index (χ4v) is 0.514. The van der Waals surface area contributed by atoms with Crippen molar-refractivity contribution in [2.75, 3.05) is 19.8 Å². The molecule has 0 aromatic carbocycles. The number of carbonyl (C=O) groups is 1. The molecule has 0 aliphatic rings. The molecule has 4 nitrogen and oxygen atoms in total. The molecule has 0 spiro atoms. The van der Waals surface area contributed by atoms with Crippen molar-refractivity contribution in [1.82, 2.24) is 0 Å². The van der Waals surface area contributed by atoms with Crippen LogP contribution in [0.25, 0.3) is 0 Å². The summed E-state index contributed by atoms with van der Waals surface area (Å²) in [5, 5.41) is 0. The molecule has 0 radical (unpaired) electrons. The van der Waals surface area contributed by atoms with Crippen molar-refractivity contribution in [1.29, 1.82) is 0 Å². The number of ether oxygens (including phenoxy) is 2. The predicted molar refractivity (Wildman–Crippen MR) is 42.1 cm³/mol. The van der Waals surface area contributed by atoms with Crippen molar-refractivity contribution in [2.45, 2.75) is 0 Å². The minimum absolute atomic E-state index is 0.0240. The molecule has 0 aromatic rings. The SMILES string of the molecule is C#CCOC(=O)COCC#P=O. The number of terminal acetylenes is 1. The first-order valence-corrected chi connectivity index (χ1v) is 3.84. The molecule has 0 aromatic heterocycles. The van der Waals surface area contributed by atoms with Gasteiger partial charge in [-0.3, -0.25) is 0 Å². The molecule has 0 amide bonds. The molecule has 0 aliphatic carbocycles. The Balaban J connectivity index is 3.36. The van der Waals surface area contributed by atoms with Crippen LogP contribution in [-0.4, -0.2) is 25.8 Å². The number of carbonyl (C=O) groups excluding carboxylic acids is 1. The molecule has 0 saturated carbocycles. The van der Waals surface area contributed by atoms with Gasteiger partial charge in [-0.15, -0.1) is 0 Å².